The van der Waals surface area contributed by atoms with Gasteiger partial charge in [0, 0.05) is 12.7 Å². The Balaban J connectivity index is 0. The summed E-state index contributed by atoms with van der Waals surface area (Å²) in [7, 11) is 1.91. The third kappa shape index (κ3) is 6.48. The Bertz CT molecular complexity index is 175. The average Bonchev–Trinajstić information content (AvgIpc) is 2.25. The normalized spacial score (nSPS) is 6.42. The number of rotatable bonds is 1. The number of para-hydroxylation sites is 1. The van der Waals surface area contributed by atoms with Crippen LogP contribution in [0.4, 0.5) is 5.69 Å². The van der Waals surface area contributed by atoms with Crippen LogP contribution in [-0.4, -0.2) is 20.6 Å². The van der Waals surface area contributed by atoms with Crippen LogP contribution in [0.1, 0.15) is 0 Å². The second kappa shape index (κ2) is 12.1. The van der Waals surface area contributed by atoms with Gasteiger partial charge in [-0.15, -0.1) is 0 Å². The fourth-order valence-corrected chi connectivity index (χ4v) is 0.605. The Morgan fingerprint density at radius 2 is 1.42 bits per heavy atom. The molecule has 12 heavy (non-hydrogen) atoms. The zero-order valence-electron chi connectivity index (χ0n) is 7.12. The first kappa shape index (κ1) is 13.0. The van der Waals surface area contributed by atoms with Crippen LogP contribution >= 0.6 is 0 Å². The molecule has 0 amide bonds. The lowest BCUT2D eigenvalue weighted by molar-refractivity contribution is -0.0987. The van der Waals surface area contributed by atoms with Gasteiger partial charge in [0.1, 0.15) is 13.6 Å². The molecule has 0 bridgehead atoms. The van der Waals surface area contributed by atoms with Gasteiger partial charge in [-0.3, -0.25) is 0 Å². The summed E-state index contributed by atoms with van der Waals surface area (Å²) >= 11 is 0. The molecule has 0 atom stereocenters. The van der Waals surface area contributed by atoms with Crippen molar-refractivity contribution < 1.29 is 9.59 Å². The first-order valence-corrected chi connectivity index (χ1v) is 3.24. The third-order valence-corrected chi connectivity index (χ3v) is 1.06. The predicted molar refractivity (Wildman–Crippen MR) is 50.2 cm³/mol. The van der Waals surface area contributed by atoms with E-state index in [0.29, 0.717) is 0 Å². The molecule has 0 unspecified atom stereocenters. The van der Waals surface area contributed by atoms with Gasteiger partial charge in [-0.2, -0.15) is 0 Å². The van der Waals surface area contributed by atoms with Crippen molar-refractivity contribution in [2.75, 3.05) is 12.4 Å². The summed E-state index contributed by atoms with van der Waals surface area (Å²) in [6, 6.07) is 10.1. The second-order valence-corrected chi connectivity index (χ2v) is 1.62. The quantitative estimate of drug-likeness (QED) is 0.686. The Hall–Kier alpha value is -1.64. The van der Waals surface area contributed by atoms with E-state index in [1.165, 1.54) is 0 Å². The van der Waals surface area contributed by atoms with Crippen LogP contribution < -0.4 is 5.32 Å². The van der Waals surface area contributed by atoms with E-state index in [2.05, 4.69) is 5.32 Å². The molecule has 1 N–H and O–H groups in total. The van der Waals surface area contributed by atoms with Gasteiger partial charge >= 0.3 is 0 Å². The molecule has 0 aromatic heterocycles. The summed E-state index contributed by atoms with van der Waals surface area (Å²) in [5.41, 5.74) is 1.16. The van der Waals surface area contributed by atoms with E-state index < -0.39 is 0 Å². The molecule has 66 valence electrons. The van der Waals surface area contributed by atoms with Gasteiger partial charge in [0.2, 0.25) is 0 Å². The summed E-state index contributed by atoms with van der Waals surface area (Å²) in [5, 5.41) is 3.03. The number of nitrogens with one attached hydrogen (secondary N) is 1. The lowest BCUT2D eigenvalue weighted by Crippen LogP contribution is -1.84. The van der Waals surface area contributed by atoms with Crippen LogP contribution in [0.15, 0.2) is 30.3 Å². The SMILES string of the molecule is C=O.C=O.CNc1ccccc1. The van der Waals surface area contributed by atoms with E-state index in [0.717, 1.165) is 5.69 Å². The molecule has 3 nitrogen and oxygen atoms in total. The molecule has 0 aliphatic rings. The number of hydrogen-bond acceptors (Lipinski definition) is 3. The van der Waals surface area contributed by atoms with Gasteiger partial charge < -0.3 is 14.9 Å². The van der Waals surface area contributed by atoms with Gasteiger partial charge in [0.15, 0.2) is 0 Å². The summed E-state index contributed by atoms with van der Waals surface area (Å²) < 4.78 is 0. The van der Waals surface area contributed by atoms with Crippen molar-refractivity contribution in [2.45, 2.75) is 0 Å². The number of anilines is 1. The Morgan fingerprint density at radius 1 is 1.00 bits per heavy atom. The van der Waals surface area contributed by atoms with Crippen LogP contribution in [-0.2, 0) is 9.59 Å². The van der Waals surface area contributed by atoms with Crippen molar-refractivity contribution in [3.05, 3.63) is 30.3 Å². The summed E-state index contributed by atoms with van der Waals surface area (Å²) in [6.45, 7) is 4.00. The van der Waals surface area contributed by atoms with Crippen molar-refractivity contribution in [2.24, 2.45) is 0 Å². The zero-order valence-corrected chi connectivity index (χ0v) is 7.12. The summed E-state index contributed by atoms with van der Waals surface area (Å²) in [5.74, 6) is 0. The third-order valence-electron chi connectivity index (χ3n) is 1.06. The molecule has 1 aromatic rings. The van der Waals surface area contributed by atoms with Crippen LogP contribution in [0.5, 0.6) is 0 Å². The Kier molecular flexibility index (Phi) is 13.1. The molecular weight excluding hydrogens is 154 g/mol. The minimum Gasteiger partial charge on any atom is -0.388 e. The highest BCUT2D eigenvalue weighted by molar-refractivity contribution is 5.41. The molecule has 0 heterocycles. The molecule has 0 radical (unpaired) electrons. The molecule has 1 rings (SSSR count). The van der Waals surface area contributed by atoms with E-state index in [1.54, 1.807) is 0 Å². The molecule has 0 saturated carbocycles. The van der Waals surface area contributed by atoms with Crippen molar-refractivity contribution in [1.82, 2.24) is 0 Å². The van der Waals surface area contributed by atoms with Gasteiger partial charge in [-0.25, -0.2) is 0 Å². The largest absolute Gasteiger partial charge is 0.388 e. The molecule has 0 aliphatic heterocycles. The predicted octanol–water partition coefficient (Wildman–Crippen LogP) is 1.36. The fraction of sp³-hybridized carbons (Fsp3) is 0.111. The Labute approximate surface area is 72.4 Å². The van der Waals surface area contributed by atoms with Gasteiger partial charge in [-0.1, -0.05) is 18.2 Å². The molecule has 0 fully saturated rings. The lowest BCUT2D eigenvalue weighted by atomic mass is 10.3. The van der Waals surface area contributed by atoms with Gasteiger partial charge in [0.25, 0.3) is 0 Å². The number of benzene rings is 1. The van der Waals surface area contributed by atoms with E-state index in [4.69, 9.17) is 9.59 Å². The van der Waals surface area contributed by atoms with E-state index in [9.17, 15) is 0 Å². The first-order valence-electron chi connectivity index (χ1n) is 3.24. The monoisotopic (exact) mass is 167 g/mol. The van der Waals surface area contributed by atoms with Crippen LogP contribution in [0, 0.1) is 0 Å². The zero-order chi connectivity index (χ0) is 9.82. The number of hydrogen-bond donors (Lipinski definition) is 1. The maximum atomic E-state index is 8.00. The Morgan fingerprint density at radius 3 is 1.67 bits per heavy atom. The molecule has 0 spiro atoms. The fourth-order valence-electron chi connectivity index (χ4n) is 0.605. The molecular formula is C9H13NO2. The van der Waals surface area contributed by atoms with Crippen molar-refractivity contribution in [1.29, 1.82) is 0 Å². The van der Waals surface area contributed by atoms with Crippen molar-refractivity contribution in [3.63, 3.8) is 0 Å². The van der Waals surface area contributed by atoms with E-state index >= 15 is 0 Å². The average molecular weight is 167 g/mol. The maximum Gasteiger partial charge on any atom is 0.106 e. The lowest BCUT2D eigenvalue weighted by Gasteiger charge is -1.94. The topological polar surface area (TPSA) is 46.2 Å². The number of carbonyl (C=O) groups excluding carboxylic acids is 2. The van der Waals surface area contributed by atoms with Gasteiger partial charge in [0.05, 0.1) is 0 Å². The molecule has 1 aromatic carbocycles. The van der Waals surface area contributed by atoms with E-state index in [1.807, 2.05) is 51.0 Å². The summed E-state index contributed by atoms with van der Waals surface area (Å²) in [4.78, 5) is 16.0. The van der Waals surface area contributed by atoms with Crippen LogP contribution in [0.3, 0.4) is 0 Å². The highest BCUT2D eigenvalue weighted by Crippen LogP contribution is 2.01. The molecule has 3 heteroatoms. The highest BCUT2D eigenvalue weighted by Gasteiger charge is 1.77. The number of carbonyl (C=O) groups is 2. The highest BCUT2D eigenvalue weighted by atomic mass is 16.1. The smallest absolute Gasteiger partial charge is 0.106 e. The minimum absolute atomic E-state index is 1.16. The first-order chi connectivity index (χ1) is 5.93. The second-order valence-electron chi connectivity index (χ2n) is 1.62. The maximum absolute atomic E-state index is 8.00. The molecule has 0 aliphatic carbocycles. The van der Waals surface area contributed by atoms with Crippen molar-refractivity contribution >= 4 is 19.3 Å². The summed E-state index contributed by atoms with van der Waals surface area (Å²) in [6.07, 6.45) is 0. The standard InChI is InChI=1S/C7H9N.2CH2O/c1-8-7-5-3-2-4-6-7;2*1-2/h2-6,8H,1H3;2*1H2. The van der Waals surface area contributed by atoms with Crippen LogP contribution in [0.25, 0.3) is 0 Å². The van der Waals surface area contributed by atoms with E-state index in [-0.39, 0.29) is 0 Å². The van der Waals surface area contributed by atoms with Crippen molar-refractivity contribution in [3.8, 4) is 0 Å². The van der Waals surface area contributed by atoms with Gasteiger partial charge in [-0.05, 0) is 12.1 Å². The molecule has 0 saturated heterocycles. The van der Waals surface area contributed by atoms with Crippen LogP contribution in [0.2, 0.25) is 0 Å². The minimum atomic E-state index is 1.16.